The Bertz CT molecular complexity index is 386. The summed E-state index contributed by atoms with van der Waals surface area (Å²) in [4.78, 5) is 6.78. The molecule has 1 saturated heterocycles. The van der Waals surface area contributed by atoms with E-state index in [2.05, 4.69) is 29.8 Å². The van der Waals surface area contributed by atoms with Crippen LogP contribution in [0.25, 0.3) is 0 Å². The number of anilines is 1. The van der Waals surface area contributed by atoms with Gasteiger partial charge < -0.3 is 10.0 Å². The van der Waals surface area contributed by atoms with E-state index >= 15 is 0 Å². The van der Waals surface area contributed by atoms with Crippen molar-refractivity contribution >= 4 is 5.69 Å². The third-order valence-corrected chi connectivity index (χ3v) is 3.76. The predicted octanol–water partition coefficient (Wildman–Crippen LogP) is 3.15. The Hall–Kier alpha value is -1.09. The average Bonchev–Trinajstić information content (AvgIpc) is 2.37. The summed E-state index contributed by atoms with van der Waals surface area (Å²) in [7, 11) is 0. The van der Waals surface area contributed by atoms with Crippen LogP contribution in [0.2, 0.25) is 0 Å². The number of rotatable bonds is 3. The summed E-state index contributed by atoms with van der Waals surface area (Å²) in [6.45, 7) is 8.81. The van der Waals surface area contributed by atoms with E-state index in [4.69, 9.17) is 0 Å². The van der Waals surface area contributed by atoms with Gasteiger partial charge in [0.15, 0.2) is 0 Å². The second-order valence-electron chi connectivity index (χ2n) is 6.05. The van der Waals surface area contributed by atoms with Gasteiger partial charge in [-0.15, -0.1) is 0 Å². The van der Waals surface area contributed by atoms with Gasteiger partial charge in [0.1, 0.15) is 0 Å². The van der Waals surface area contributed by atoms with Crippen molar-refractivity contribution in [3.8, 4) is 0 Å². The molecule has 0 spiro atoms. The standard InChI is InChI=1S/C15H24N2O/c1-4-14(18)13-7-6-12(10-16-13)17-9-5-8-15(2,3)11-17/h6-7,10,14,18H,4-5,8-9,11H2,1-3H3/t14-/m0/s1. The zero-order chi connectivity index (χ0) is 13.2. The first-order valence-corrected chi connectivity index (χ1v) is 6.91. The molecular weight excluding hydrogens is 224 g/mol. The number of hydrogen-bond donors (Lipinski definition) is 1. The predicted molar refractivity (Wildman–Crippen MR) is 74.7 cm³/mol. The molecule has 18 heavy (non-hydrogen) atoms. The molecule has 1 aromatic rings. The second kappa shape index (κ2) is 5.27. The van der Waals surface area contributed by atoms with Crippen molar-refractivity contribution in [1.29, 1.82) is 0 Å². The molecule has 0 unspecified atom stereocenters. The number of pyridine rings is 1. The molecule has 0 radical (unpaired) electrons. The van der Waals surface area contributed by atoms with Crippen LogP contribution in [0.3, 0.4) is 0 Å². The normalized spacial score (nSPS) is 20.8. The third kappa shape index (κ3) is 3.02. The molecule has 0 amide bonds. The highest BCUT2D eigenvalue weighted by Gasteiger charge is 2.26. The van der Waals surface area contributed by atoms with Gasteiger partial charge in [-0.2, -0.15) is 0 Å². The van der Waals surface area contributed by atoms with Crippen molar-refractivity contribution < 1.29 is 5.11 Å². The lowest BCUT2D eigenvalue weighted by Gasteiger charge is -2.39. The minimum atomic E-state index is -0.433. The van der Waals surface area contributed by atoms with Crippen molar-refractivity contribution in [3.05, 3.63) is 24.0 Å². The Morgan fingerprint density at radius 2 is 2.22 bits per heavy atom. The fourth-order valence-corrected chi connectivity index (χ4v) is 2.63. The zero-order valence-electron chi connectivity index (χ0n) is 11.7. The van der Waals surface area contributed by atoms with Crippen molar-refractivity contribution in [1.82, 2.24) is 4.98 Å². The minimum Gasteiger partial charge on any atom is -0.387 e. The first-order valence-electron chi connectivity index (χ1n) is 6.91. The van der Waals surface area contributed by atoms with Gasteiger partial charge in [-0.05, 0) is 36.8 Å². The van der Waals surface area contributed by atoms with Crippen molar-refractivity contribution in [2.75, 3.05) is 18.0 Å². The van der Waals surface area contributed by atoms with Crippen LogP contribution in [0.5, 0.6) is 0 Å². The smallest absolute Gasteiger partial charge is 0.0957 e. The lowest BCUT2D eigenvalue weighted by atomic mass is 9.84. The van der Waals surface area contributed by atoms with Crippen LogP contribution in [-0.2, 0) is 0 Å². The van der Waals surface area contributed by atoms with Crippen LogP contribution < -0.4 is 4.90 Å². The highest BCUT2D eigenvalue weighted by molar-refractivity contribution is 5.45. The monoisotopic (exact) mass is 248 g/mol. The summed E-state index contributed by atoms with van der Waals surface area (Å²) >= 11 is 0. The van der Waals surface area contributed by atoms with Gasteiger partial charge in [0.05, 0.1) is 23.7 Å². The highest BCUT2D eigenvalue weighted by Crippen LogP contribution is 2.31. The summed E-state index contributed by atoms with van der Waals surface area (Å²) in [6.07, 6.45) is 4.71. The highest BCUT2D eigenvalue weighted by atomic mass is 16.3. The van der Waals surface area contributed by atoms with Crippen molar-refractivity contribution in [3.63, 3.8) is 0 Å². The van der Waals surface area contributed by atoms with Crippen LogP contribution in [0.15, 0.2) is 18.3 Å². The SMILES string of the molecule is CC[C@H](O)c1ccc(N2CCCC(C)(C)C2)cn1. The molecular formula is C15H24N2O. The van der Waals surface area contributed by atoms with Gasteiger partial charge in [0, 0.05) is 13.1 Å². The van der Waals surface area contributed by atoms with E-state index in [0.29, 0.717) is 11.8 Å². The average molecular weight is 248 g/mol. The summed E-state index contributed by atoms with van der Waals surface area (Å²) in [5.74, 6) is 0. The van der Waals surface area contributed by atoms with E-state index in [0.717, 1.165) is 18.8 Å². The maximum absolute atomic E-state index is 9.74. The van der Waals surface area contributed by atoms with Gasteiger partial charge in [-0.1, -0.05) is 20.8 Å². The number of aliphatic hydroxyl groups is 1. The molecule has 2 heterocycles. The van der Waals surface area contributed by atoms with Crippen LogP contribution >= 0.6 is 0 Å². The van der Waals surface area contributed by atoms with Gasteiger partial charge in [-0.25, -0.2) is 0 Å². The van der Waals surface area contributed by atoms with Crippen LogP contribution in [0, 0.1) is 5.41 Å². The molecule has 1 N–H and O–H groups in total. The molecule has 3 nitrogen and oxygen atoms in total. The maximum Gasteiger partial charge on any atom is 0.0957 e. The maximum atomic E-state index is 9.74. The van der Waals surface area contributed by atoms with E-state index in [9.17, 15) is 5.11 Å². The second-order valence-corrected chi connectivity index (χ2v) is 6.05. The third-order valence-electron chi connectivity index (χ3n) is 3.76. The van der Waals surface area contributed by atoms with Gasteiger partial charge in [-0.3, -0.25) is 4.98 Å². The largest absolute Gasteiger partial charge is 0.387 e. The summed E-state index contributed by atoms with van der Waals surface area (Å²) in [6, 6.07) is 4.04. The molecule has 1 aromatic heterocycles. The molecule has 1 aliphatic heterocycles. The molecule has 0 saturated carbocycles. The number of piperidine rings is 1. The quantitative estimate of drug-likeness (QED) is 0.892. The first-order chi connectivity index (χ1) is 8.52. The molecule has 1 atom stereocenters. The van der Waals surface area contributed by atoms with E-state index in [1.54, 1.807) is 0 Å². The van der Waals surface area contributed by atoms with Crippen LogP contribution in [0.4, 0.5) is 5.69 Å². The van der Waals surface area contributed by atoms with Crippen molar-refractivity contribution in [2.45, 2.75) is 46.1 Å². The topological polar surface area (TPSA) is 36.4 Å². The fourth-order valence-electron chi connectivity index (χ4n) is 2.63. The lowest BCUT2D eigenvalue weighted by molar-refractivity contribution is 0.169. The Morgan fingerprint density at radius 1 is 1.44 bits per heavy atom. The molecule has 2 rings (SSSR count). The summed E-state index contributed by atoms with van der Waals surface area (Å²) < 4.78 is 0. The van der Waals surface area contributed by atoms with Gasteiger partial charge >= 0.3 is 0 Å². The number of aliphatic hydroxyl groups excluding tert-OH is 1. The molecule has 1 aliphatic rings. The van der Waals surface area contributed by atoms with Crippen LogP contribution in [-0.4, -0.2) is 23.2 Å². The Labute approximate surface area is 110 Å². The molecule has 1 fully saturated rings. The first kappa shape index (κ1) is 13.3. The van der Waals surface area contributed by atoms with Crippen molar-refractivity contribution in [2.24, 2.45) is 5.41 Å². The molecule has 0 aromatic carbocycles. The van der Waals surface area contributed by atoms with E-state index in [-0.39, 0.29) is 0 Å². The summed E-state index contributed by atoms with van der Waals surface area (Å²) in [5.41, 5.74) is 2.34. The number of hydrogen-bond acceptors (Lipinski definition) is 3. The van der Waals surface area contributed by atoms with Gasteiger partial charge in [0.2, 0.25) is 0 Å². The number of nitrogens with zero attached hydrogens (tertiary/aromatic N) is 2. The van der Waals surface area contributed by atoms with E-state index in [1.807, 2.05) is 19.2 Å². The zero-order valence-corrected chi connectivity index (χ0v) is 11.7. The van der Waals surface area contributed by atoms with E-state index < -0.39 is 6.10 Å². The fraction of sp³-hybridized carbons (Fsp3) is 0.667. The molecule has 0 aliphatic carbocycles. The van der Waals surface area contributed by atoms with Crippen LogP contribution in [0.1, 0.15) is 51.8 Å². The minimum absolute atomic E-state index is 0.389. The Balaban J connectivity index is 2.09. The Kier molecular flexibility index (Phi) is 3.91. The number of aromatic nitrogens is 1. The molecule has 0 bridgehead atoms. The lowest BCUT2D eigenvalue weighted by Crippen LogP contribution is -2.40. The summed E-state index contributed by atoms with van der Waals surface area (Å²) in [5, 5.41) is 9.74. The molecule has 100 valence electrons. The Morgan fingerprint density at radius 3 is 2.78 bits per heavy atom. The van der Waals surface area contributed by atoms with E-state index in [1.165, 1.54) is 18.5 Å². The molecule has 3 heteroatoms. The van der Waals surface area contributed by atoms with Gasteiger partial charge in [0.25, 0.3) is 0 Å².